The van der Waals surface area contributed by atoms with Crippen LogP contribution in [-0.4, -0.2) is 61.3 Å². The summed E-state index contributed by atoms with van der Waals surface area (Å²) in [6.45, 7) is 13.5. The zero-order valence-electron chi connectivity index (χ0n) is 21.5. The Kier molecular flexibility index (Phi) is 8.12. The number of nitrogens with zero attached hydrogens (tertiary/aromatic N) is 3. The number of aryl methyl sites for hydroxylation is 1. The molecular formula is C26H41N5OSSi. The second kappa shape index (κ2) is 10.9. The molecule has 1 atom stereocenters. The fourth-order valence-corrected chi connectivity index (χ4v) is 6.65. The van der Waals surface area contributed by atoms with Crippen molar-refractivity contribution in [3.63, 3.8) is 0 Å². The van der Waals surface area contributed by atoms with E-state index in [4.69, 9.17) is 4.74 Å². The van der Waals surface area contributed by atoms with Gasteiger partial charge in [-0.15, -0.1) is 0 Å². The summed E-state index contributed by atoms with van der Waals surface area (Å²) in [5, 5.41) is 7.19. The molecular weight excluding hydrogens is 458 g/mol. The molecule has 2 fully saturated rings. The molecule has 5 heterocycles. The van der Waals surface area contributed by atoms with Crippen LogP contribution >= 0.6 is 11.5 Å². The maximum absolute atomic E-state index is 4.95. The van der Waals surface area contributed by atoms with Crippen LogP contribution in [0, 0.1) is 6.92 Å². The van der Waals surface area contributed by atoms with Crippen molar-refractivity contribution in [3.05, 3.63) is 29.4 Å². The number of rotatable bonds is 5. The summed E-state index contributed by atoms with van der Waals surface area (Å²) in [5.41, 5.74) is 6.04. The maximum atomic E-state index is 4.95. The number of anilines is 1. The SMILES string of the molecule is COCC[Si](C)(C)C.Cc1csnc1-c1c[nH]c2nccc(N3CCCC4(CCCCN4)C3)c12. The lowest BCUT2D eigenvalue weighted by Gasteiger charge is -2.47. The standard InChI is InChI=1S/C20H25N5S.C6H16OSi/c1-14-12-26-24-18(14)15-11-22-19-17(15)16(5-9-21-19)25-10-4-7-20(13-25)6-2-3-8-23-20;1-7-5-6-8(2,3)4/h5,9,11-12,23H,2-4,6-8,10,13H2,1H3,(H,21,22);5-6H2,1-4H3. The molecule has 0 aromatic carbocycles. The van der Waals surface area contributed by atoms with Crippen molar-refractivity contribution < 1.29 is 4.74 Å². The van der Waals surface area contributed by atoms with Gasteiger partial charge in [-0.25, -0.2) is 4.98 Å². The van der Waals surface area contributed by atoms with E-state index in [2.05, 4.69) is 68.8 Å². The van der Waals surface area contributed by atoms with Gasteiger partial charge in [-0.05, 0) is 68.4 Å². The molecule has 8 heteroatoms. The number of fused-ring (bicyclic) bond motifs is 1. The summed E-state index contributed by atoms with van der Waals surface area (Å²) in [4.78, 5) is 10.5. The van der Waals surface area contributed by atoms with Crippen molar-refractivity contribution >= 4 is 36.3 Å². The number of nitrogens with one attached hydrogen (secondary N) is 2. The number of aromatic nitrogens is 3. The van der Waals surface area contributed by atoms with Gasteiger partial charge in [0.2, 0.25) is 0 Å². The Hall–Kier alpha value is -1.74. The number of aromatic amines is 1. The number of methoxy groups -OCH3 is 1. The second-order valence-corrected chi connectivity index (χ2v) is 17.3. The van der Waals surface area contributed by atoms with Crippen molar-refractivity contribution in [2.24, 2.45) is 0 Å². The zero-order valence-corrected chi connectivity index (χ0v) is 23.4. The van der Waals surface area contributed by atoms with E-state index in [0.717, 1.165) is 37.6 Å². The lowest BCUT2D eigenvalue weighted by atomic mass is 9.81. The van der Waals surface area contributed by atoms with Gasteiger partial charge in [0.25, 0.3) is 0 Å². The van der Waals surface area contributed by atoms with E-state index in [1.54, 1.807) is 7.11 Å². The van der Waals surface area contributed by atoms with Crippen LogP contribution in [0.15, 0.2) is 23.8 Å². The first-order chi connectivity index (χ1) is 16.3. The largest absolute Gasteiger partial charge is 0.385 e. The van der Waals surface area contributed by atoms with Gasteiger partial charge in [-0.1, -0.05) is 26.1 Å². The average molecular weight is 500 g/mol. The fraction of sp³-hybridized carbons (Fsp3) is 0.615. The molecule has 34 heavy (non-hydrogen) atoms. The van der Waals surface area contributed by atoms with E-state index in [-0.39, 0.29) is 0 Å². The smallest absolute Gasteiger partial charge is 0.140 e. The molecule has 2 aliphatic rings. The summed E-state index contributed by atoms with van der Waals surface area (Å²) in [6.07, 6.45) is 10.5. The Morgan fingerprint density at radius 1 is 1.21 bits per heavy atom. The minimum absolute atomic E-state index is 0.291. The van der Waals surface area contributed by atoms with E-state index in [1.807, 2.05) is 6.20 Å². The number of ether oxygens (including phenoxy) is 1. The number of H-pyrrole nitrogens is 1. The molecule has 5 rings (SSSR count). The minimum atomic E-state index is -0.803. The molecule has 3 aromatic rings. The first-order valence-electron chi connectivity index (χ1n) is 12.7. The van der Waals surface area contributed by atoms with Gasteiger partial charge in [-0.3, -0.25) is 0 Å². The highest BCUT2D eigenvalue weighted by atomic mass is 32.1. The Bertz CT molecular complexity index is 1060. The van der Waals surface area contributed by atoms with Crippen LogP contribution in [0.5, 0.6) is 0 Å². The molecule has 3 aromatic heterocycles. The Morgan fingerprint density at radius 3 is 2.68 bits per heavy atom. The van der Waals surface area contributed by atoms with Crippen LogP contribution in [0.2, 0.25) is 25.7 Å². The molecule has 1 unspecified atom stereocenters. The zero-order chi connectivity index (χ0) is 24.2. The summed E-state index contributed by atoms with van der Waals surface area (Å²) in [6, 6.07) is 3.47. The normalized spacial score (nSPS) is 21.0. The van der Waals surface area contributed by atoms with E-state index in [1.165, 1.54) is 71.9 Å². The van der Waals surface area contributed by atoms with Gasteiger partial charge in [0.05, 0.1) is 16.8 Å². The van der Waals surface area contributed by atoms with E-state index in [0.29, 0.717) is 5.54 Å². The molecule has 2 aliphatic heterocycles. The van der Waals surface area contributed by atoms with Gasteiger partial charge in [0, 0.05) is 63.8 Å². The Labute approximate surface area is 209 Å². The Morgan fingerprint density at radius 2 is 2.03 bits per heavy atom. The number of hydrogen-bond acceptors (Lipinski definition) is 6. The van der Waals surface area contributed by atoms with Crippen LogP contribution in [0.1, 0.15) is 37.7 Å². The molecule has 1 spiro atoms. The summed E-state index contributed by atoms with van der Waals surface area (Å²) >= 11 is 1.52. The molecule has 0 bridgehead atoms. The lowest BCUT2D eigenvalue weighted by Crippen LogP contribution is -2.59. The van der Waals surface area contributed by atoms with Crippen molar-refractivity contribution in [2.75, 3.05) is 38.3 Å². The molecule has 186 valence electrons. The highest BCUT2D eigenvalue weighted by Gasteiger charge is 2.37. The Balaban J connectivity index is 0.000000297. The molecule has 2 saturated heterocycles. The first kappa shape index (κ1) is 25.4. The van der Waals surface area contributed by atoms with Crippen molar-refractivity contribution in [1.29, 1.82) is 0 Å². The van der Waals surface area contributed by atoms with E-state index < -0.39 is 8.07 Å². The molecule has 0 saturated carbocycles. The molecule has 0 amide bonds. The van der Waals surface area contributed by atoms with Crippen molar-refractivity contribution in [1.82, 2.24) is 19.7 Å². The van der Waals surface area contributed by atoms with Gasteiger partial charge >= 0.3 is 0 Å². The topological polar surface area (TPSA) is 66.1 Å². The van der Waals surface area contributed by atoms with Gasteiger partial charge in [0.1, 0.15) is 5.65 Å². The predicted octanol–water partition coefficient (Wildman–Crippen LogP) is 6.08. The van der Waals surface area contributed by atoms with Crippen LogP contribution in [-0.2, 0) is 4.74 Å². The summed E-state index contributed by atoms with van der Waals surface area (Å²) < 4.78 is 9.59. The summed E-state index contributed by atoms with van der Waals surface area (Å²) in [7, 11) is 0.961. The number of hydrogen-bond donors (Lipinski definition) is 2. The molecule has 0 radical (unpaired) electrons. The third-order valence-corrected chi connectivity index (χ3v) is 9.56. The predicted molar refractivity (Wildman–Crippen MR) is 148 cm³/mol. The van der Waals surface area contributed by atoms with Crippen LogP contribution < -0.4 is 10.2 Å². The summed E-state index contributed by atoms with van der Waals surface area (Å²) in [5.74, 6) is 0. The van der Waals surface area contributed by atoms with Crippen LogP contribution in [0.4, 0.5) is 5.69 Å². The monoisotopic (exact) mass is 499 g/mol. The average Bonchev–Trinajstić information content (AvgIpc) is 3.44. The van der Waals surface area contributed by atoms with Gasteiger partial charge in [0.15, 0.2) is 0 Å². The quantitative estimate of drug-likeness (QED) is 0.417. The first-order valence-corrected chi connectivity index (χ1v) is 17.2. The van der Waals surface area contributed by atoms with Gasteiger partial charge in [-0.2, -0.15) is 4.37 Å². The van der Waals surface area contributed by atoms with Crippen molar-refractivity contribution in [2.45, 2.75) is 70.3 Å². The number of pyridine rings is 1. The fourth-order valence-electron chi connectivity index (χ4n) is 5.16. The maximum Gasteiger partial charge on any atom is 0.140 e. The van der Waals surface area contributed by atoms with Crippen molar-refractivity contribution in [3.8, 4) is 11.3 Å². The van der Waals surface area contributed by atoms with Gasteiger partial charge < -0.3 is 19.9 Å². The third kappa shape index (κ3) is 5.90. The molecule has 0 aliphatic carbocycles. The highest BCUT2D eigenvalue weighted by Crippen LogP contribution is 2.39. The highest BCUT2D eigenvalue weighted by molar-refractivity contribution is 7.04. The molecule has 6 nitrogen and oxygen atoms in total. The lowest BCUT2D eigenvalue weighted by molar-refractivity contribution is 0.214. The van der Waals surface area contributed by atoms with Crippen LogP contribution in [0.3, 0.4) is 0 Å². The van der Waals surface area contributed by atoms with E-state index >= 15 is 0 Å². The molecule has 2 N–H and O–H groups in total. The number of piperidine rings is 2. The third-order valence-electron chi connectivity index (χ3n) is 7.11. The second-order valence-electron chi connectivity index (χ2n) is 11.1. The van der Waals surface area contributed by atoms with E-state index in [9.17, 15) is 0 Å². The van der Waals surface area contributed by atoms with Crippen LogP contribution in [0.25, 0.3) is 22.3 Å². The minimum Gasteiger partial charge on any atom is -0.385 e.